The summed E-state index contributed by atoms with van der Waals surface area (Å²) >= 11 is 4.59. The maximum absolute atomic E-state index is 9.70. The van der Waals surface area contributed by atoms with Crippen molar-refractivity contribution in [1.29, 1.82) is 0 Å². The number of Topliss-reactive ketones (excluding diaryl/α,β-unsaturated/α-hetero) is 1. The van der Waals surface area contributed by atoms with Crippen LogP contribution >= 0.6 is 12.2 Å². The highest BCUT2D eigenvalue weighted by Gasteiger charge is 2.26. The van der Waals surface area contributed by atoms with E-state index in [1.807, 2.05) is 53.8 Å². The van der Waals surface area contributed by atoms with Gasteiger partial charge in [-0.2, -0.15) is 0 Å². The fourth-order valence-electron chi connectivity index (χ4n) is 3.75. The fourth-order valence-corrected chi connectivity index (χ4v) is 3.75. The molecular formula is C51H116N2O13S2. The van der Waals surface area contributed by atoms with Gasteiger partial charge < -0.3 is 54.8 Å². The number of ketones is 1. The fraction of sp³-hybridized carbons (Fsp3) is 0.804. The summed E-state index contributed by atoms with van der Waals surface area (Å²) in [7, 11) is 5.35. The van der Waals surface area contributed by atoms with Crippen molar-refractivity contribution in [2.24, 2.45) is 5.92 Å². The number of carbonyl (C=O) groups excluding carboxylic acids is 3. The van der Waals surface area contributed by atoms with Crippen LogP contribution in [0.4, 0.5) is 0 Å². The molecule has 0 bridgehead atoms. The summed E-state index contributed by atoms with van der Waals surface area (Å²) in [5, 5.41) is 41.4. The molecule has 1 saturated carbocycles. The van der Waals surface area contributed by atoms with E-state index in [1.165, 1.54) is 65.2 Å². The maximum Gasteiger partial charge on any atom is 0.302 e. The highest BCUT2D eigenvalue weighted by Crippen LogP contribution is 2.32. The number of esters is 1. The second-order valence-corrected chi connectivity index (χ2v) is 17.2. The molecular weight excluding hydrogens is 913 g/mol. The van der Waals surface area contributed by atoms with Crippen LogP contribution in [0.3, 0.4) is 0 Å². The van der Waals surface area contributed by atoms with Crippen molar-refractivity contribution in [2.75, 3.05) is 74.4 Å². The minimum atomic E-state index is -2.67. The van der Waals surface area contributed by atoms with Crippen LogP contribution in [0.25, 0.3) is 0 Å². The molecule has 0 spiro atoms. The smallest absolute Gasteiger partial charge is 0.302 e. The first-order valence-corrected chi connectivity index (χ1v) is 23.8. The zero-order valence-electron chi connectivity index (χ0n) is 41.8. The molecule has 6 N–H and O–H groups in total. The van der Waals surface area contributed by atoms with Crippen molar-refractivity contribution in [1.82, 2.24) is 10.6 Å². The zero-order valence-corrected chi connectivity index (χ0v) is 43.5. The van der Waals surface area contributed by atoms with Gasteiger partial charge in [0.25, 0.3) is 0 Å². The predicted octanol–water partition coefficient (Wildman–Crippen LogP) is 9.67. The number of ether oxygens (including phenoxy) is 4. The van der Waals surface area contributed by atoms with Gasteiger partial charge in [-0.25, -0.2) is 8.42 Å². The normalized spacial score (nSPS) is 15.6. The largest absolute Gasteiger partial charge is 0.469 e. The Morgan fingerprint density at radius 3 is 1.29 bits per heavy atom. The number of rotatable bonds is 8. The lowest BCUT2D eigenvalue weighted by Crippen LogP contribution is -2.21. The van der Waals surface area contributed by atoms with Crippen molar-refractivity contribution < 1.29 is 62.2 Å². The van der Waals surface area contributed by atoms with Crippen LogP contribution in [0.5, 0.6) is 0 Å². The van der Waals surface area contributed by atoms with Crippen LogP contribution in [0.15, 0.2) is 24.3 Å². The molecule has 0 saturated heterocycles. The van der Waals surface area contributed by atoms with Crippen molar-refractivity contribution in [3.63, 3.8) is 0 Å². The number of sulfone groups is 1. The van der Waals surface area contributed by atoms with Gasteiger partial charge in [-0.05, 0) is 83.8 Å². The molecule has 0 radical (unpaired) electrons. The molecule has 15 nitrogen and oxygen atoms in total. The molecule has 1 amide bonds. The SMILES string of the molecule is C.C.C.C.C.C.CC(C)=O.CC1CCCCC1O.CC1c2ccccc2CC1O.CCC(O)COC.CCOC.CCOCC(O)CC.CNC(C)=O.CNC(C)=S.COC(C)=O.CS(C)(=O)=O. The van der Waals surface area contributed by atoms with Gasteiger partial charge in [0.1, 0.15) is 15.6 Å². The number of aliphatic hydroxyl groups is 4. The van der Waals surface area contributed by atoms with Crippen molar-refractivity contribution in [3.8, 4) is 0 Å². The minimum absolute atomic E-state index is 0. The van der Waals surface area contributed by atoms with Crippen molar-refractivity contribution in [3.05, 3.63) is 35.4 Å². The third-order valence-electron chi connectivity index (χ3n) is 7.71. The number of methoxy groups -OCH3 is 3. The average molecular weight is 1030 g/mol. The van der Waals surface area contributed by atoms with E-state index in [0.29, 0.717) is 31.7 Å². The van der Waals surface area contributed by atoms with Crippen LogP contribution in [-0.2, 0) is 49.6 Å². The standard InChI is InChI=1S/C10H12O.C7H14O.C6H14O2.C5H12O2.C3H7NO.C3H7NS.C3H6O2.C3H8O.C3H6O.C2H6O2S.6CH4/c1-7-9-5-3-2-4-8(9)6-10(7)11;1-6-4-2-3-5-7(6)8;1-3-6(7)5-8-4-2;1-3-5(6)4-7-2;2*1-3(5)4-2;1-3(4)5-2;1-3-4-2;1-3(2)4;1-5(2,3)4;;;;;;/h2-5,7,10-11H,6H2,1H3;6-8H,2-5H2,1H3;6-7H,3-5H2,1-2H3;5-6H,3-4H2,1-2H3;2*1-2H3,(H,4,5);1-2H3;3H2,1-2H3;1-2H3;1-2H3;6*1H4. The summed E-state index contributed by atoms with van der Waals surface area (Å²) in [5.41, 5.74) is 2.63. The summed E-state index contributed by atoms with van der Waals surface area (Å²) in [6.07, 6.45) is 8.80. The number of nitrogens with one attached hydrogen (secondary N) is 2. The molecule has 3 rings (SSSR count). The molecule has 68 heavy (non-hydrogen) atoms. The number of aliphatic hydroxyl groups excluding tert-OH is 4. The van der Waals surface area contributed by atoms with Crippen LogP contribution in [-0.4, -0.2) is 150 Å². The molecule has 1 aromatic rings. The quantitative estimate of drug-likeness (QED) is 0.105. The van der Waals surface area contributed by atoms with Gasteiger partial charge in [0.05, 0.1) is 49.7 Å². The summed E-state index contributed by atoms with van der Waals surface area (Å²) in [6, 6.07) is 8.27. The molecule has 0 aliphatic heterocycles. The van der Waals surface area contributed by atoms with Gasteiger partial charge in [-0.1, -0.05) is 122 Å². The Balaban J connectivity index is -0.0000000453. The number of carbonyl (C=O) groups is 3. The number of hydrogen-bond donors (Lipinski definition) is 6. The van der Waals surface area contributed by atoms with E-state index in [0.717, 1.165) is 49.8 Å². The Morgan fingerprint density at radius 2 is 1.07 bits per heavy atom. The molecule has 2 aliphatic carbocycles. The Morgan fingerprint density at radius 1 is 0.721 bits per heavy atom. The molecule has 0 aromatic heterocycles. The topological polar surface area (TPSA) is 227 Å². The monoisotopic (exact) mass is 1030 g/mol. The van der Waals surface area contributed by atoms with Crippen molar-refractivity contribution >= 4 is 44.7 Å². The second kappa shape index (κ2) is 70.9. The predicted molar refractivity (Wildman–Crippen MR) is 299 cm³/mol. The van der Waals surface area contributed by atoms with Gasteiger partial charge in [0.2, 0.25) is 5.91 Å². The number of benzene rings is 1. The first-order chi connectivity index (χ1) is 28.7. The lowest BCUT2D eigenvalue weighted by molar-refractivity contribution is -0.138. The second-order valence-electron chi connectivity index (χ2n) is 14.3. The van der Waals surface area contributed by atoms with E-state index >= 15 is 0 Å². The molecule has 1 fully saturated rings. The maximum atomic E-state index is 9.70. The Labute approximate surface area is 427 Å². The van der Waals surface area contributed by atoms with Crippen LogP contribution in [0.2, 0.25) is 0 Å². The van der Waals surface area contributed by atoms with E-state index in [1.54, 1.807) is 21.3 Å². The summed E-state index contributed by atoms with van der Waals surface area (Å²) in [5.74, 6) is 0.810. The first kappa shape index (κ1) is 98.8. The first-order valence-electron chi connectivity index (χ1n) is 21.1. The van der Waals surface area contributed by atoms with E-state index in [-0.39, 0.29) is 86.6 Å². The van der Waals surface area contributed by atoms with Gasteiger partial charge >= 0.3 is 5.97 Å². The lowest BCUT2D eigenvalue weighted by atomic mass is 9.88. The Bertz CT molecular complexity index is 1220. The highest BCUT2D eigenvalue weighted by molar-refractivity contribution is 7.89. The highest BCUT2D eigenvalue weighted by atomic mass is 32.2. The molecule has 2 aliphatic rings. The molecule has 17 heteroatoms. The van der Waals surface area contributed by atoms with Crippen LogP contribution in [0, 0.1) is 5.92 Å². The van der Waals surface area contributed by atoms with Crippen molar-refractivity contribution in [2.45, 2.75) is 196 Å². The Kier molecular flexibility index (Phi) is 103. The van der Waals surface area contributed by atoms with E-state index < -0.39 is 9.84 Å². The molecule has 6 unspecified atom stereocenters. The molecule has 1 aromatic carbocycles. The van der Waals surface area contributed by atoms with Crippen LogP contribution in [0.1, 0.15) is 176 Å². The molecule has 6 atom stereocenters. The minimum Gasteiger partial charge on any atom is -0.469 e. The van der Waals surface area contributed by atoms with Gasteiger partial charge in [0.15, 0.2) is 0 Å². The third-order valence-corrected chi connectivity index (χ3v) is 7.92. The summed E-state index contributed by atoms with van der Waals surface area (Å²) < 4.78 is 37.5. The lowest BCUT2D eigenvalue weighted by Gasteiger charge is -2.23. The number of amides is 1. The van der Waals surface area contributed by atoms with Gasteiger partial charge in [-0.3, -0.25) is 9.59 Å². The zero-order chi connectivity index (χ0) is 50.3. The number of thiocarbonyl (C=S) groups is 1. The summed E-state index contributed by atoms with van der Waals surface area (Å²) in [4.78, 5) is 29.6. The van der Waals surface area contributed by atoms with E-state index in [9.17, 15) is 33.0 Å². The third kappa shape index (κ3) is 101. The average Bonchev–Trinajstić information content (AvgIpc) is 3.50. The van der Waals surface area contributed by atoms with Gasteiger partial charge in [0, 0.05) is 73.8 Å². The Hall–Kier alpha value is -2.61. The van der Waals surface area contributed by atoms with E-state index in [4.69, 9.17) is 14.9 Å². The molecule has 0 heterocycles. The van der Waals surface area contributed by atoms with Crippen LogP contribution < -0.4 is 10.6 Å². The number of hydrogen-bond acceptors (Lipinski definition) is 14. The number of fused-ring (bicyclic) bond motifs is 1. The molecule has 420 valence electrons. The summed E-state index contributed by atoms with van der Waals surface area (Å²) in [6.45, 7) is 22.1. The van der Waals surface area contributed by atoms with Gasteiger partial charge in [-0.15, -0.1) is 0 Å². The van der Waals surface area contributed by atoms with E-state index in [2.05, 4.69) is 63.0 Å².